The Bertz CT molecular complexity index is 390. The van der Waals surface area contributed by atoms with Crippen molar-refractivity contribution in [1.29, 1.82) is 0 Å². The Kier molecular flexibility index (Phi) is 3.52. The summed E-state index contributed by atoms with van der Waals surface area (Å²) in [6.45, 7) is 3.66. The van der Waals surface area contributed by atoms with Crippen LogP contribution in [0, 0.1) is 5.92 Å². The summed E-state index contributed by atoms with van der Waals surface area (Å²) >= 11 is 0. The van der Waals surface area contributed by atoms with E-state index in [1.807, 2.05) is 0 Å². The summed E-state index contributed by atoms with van der Waals surface area (Å²) in [7, 11) is 0. The lowest BCUT2D eigenvalue weighted by molar-refractivity contribution is -0.137. The average molecular weight is 258 g/mol. The second kappa shape index (κ2) is 4.80. The van der Waals surface area contributed by atoms with Gasteiger partial charge in [-0.25, -0.2) is 0 Å². The van der Waals surface area contributed by atoms with Gasteiger partial charge in [0.05, 0.1) is 5.56 Å². The predicted molar refractivity (Wildman–Crippen MR) is 65.4 cm³/mol. The van der Waals surface area contributed by atoms with Crippen LogP contribution in [0.5, 0.6) is 0 Å². The fourth-order valence-electron chi connectivity index (χ4n) is 2.47. The Balaban J connectivity index is 2.14. The van der Waals surface area contributed by atoms with Crippen LogP contribution in [0.15, 0.2) is 24.3 Å². The maximum Gasteiger partial charge on any atom is 0.416 e. The number of anilines is 1. The third-order valence-electron chi connectivity index (χ3n) is 3.25. The molecule has 2 nitrogen and oxygen atoms in total. The summed E-state index contributed by atoms with van der Waals surface area (Å²) < 4.78 is 37.4. The van der Waals surface area contributed by atoms with E-state index in [-0.39, 0.29) is 6.04 Å². The van der Waals surface area contributed by atoms with Gasteiger partial charge in [0.1, 0.15) is 0 Å². The van der Waals surface area contributed by atoms with E-state index >= 15 is 0 Å². The second-order valence-electron chi connectivity index (χ2n) is 5.05. The van der Waals surface area contributed by atoms with Crippen LogP contribution in [0.4, 0.5) is 18.9 Å². The minimum absolute atomic E-state index is 0.0936. The molecule has 0 spiro atoms. The number of rotatable bonds is 1. The molecular formula is C13H17F3N2. The first-order valence-corrected chi connectivity index (χ1v) is 6.04. The van der Waals surface area contributed by atoms with Gasteiger partial charge in [-0.3, -0.25) is 0 Å². The number of hydrogen-bond donors (Lipinski definition) is 1. The number of nitrogens with two attached hydrogens (primary N) is 1. The molecule has 2 unspecified atom stereocenters. The van der Waals surface area contributed by atoms with Crippen molar-refractivity contribution < 1.29 is 13.2 Å². The SMILES string of the molecule is CC1CC(N)CN(c2ccc(C(F)(F)F)cc2)C1. The van der Waals surface area contributed by atoms with Crippen LogP contribution in [-0.2, 0) is 6.18 Å². The molecule has 1 fully saturated rings. The molecular weight excluding hydrogens is 241 g/mol. The minimum atomic E-state index is -4.27. The molecule has 0 bridgehead atoms. The molecule has 18 heavy (non-hydrogen) atoms. The average Bonchev–Trinajstić information content (AvgIpc) is 2.27. The summed E-state index contributed by atoms with van der Waals surface area (Å²) in [6.07, 6.45) is -3.30. The summed E-state index contributed by atoms with van der Waals surface area (Å²) in [5.41, 5.74) is 6.13. The van der Waals surface area contributed by atoms with Crippen molar-refractivity contribution in [2.45, 2.75) is 25.6 Å². The molecule has 1 aliphatic rings. The predicted octanol–water partition coefficient (Wildman–Crippen LogP) is 2.88. The van der Waals surface area contributed by atoms with Gasteiger partial charge in [-0.2, -0.15) is 13.2 Å². The molecule has 0 amide bonds. The van der Waals surface area contributed by atoms with E-state index in [9.17, 15) is 13.2 Å². The largest absolute Gasteiger partial charge is 0.416 e. The van der Waals surface area contributed by atoms with Gasteiger partial charge >= 0.3 is 6.18 Å². The first-order valence-electron chi connectivity index (χ1n) is 6.04. The highest BCUT2D eigenvalue weighted by Gasteiger charge is 2.30. The van der Waals surface area contributed by atoms with Crippen molar-refractivity contribution in [2.24, 2.45) is 11.7 Å². The van der Waals surface area contributed by atoms with E-state index in [2.05, 4.69) is 11.8 Å². The van der Waals surface area contributed by atoms with Crippen LogP contribution in [0.1, 0.15) is 18.9 Å². The molecule has 1 aliphatic heterocycles. The van der Waals surface area contributed by atoms with Gasteiger partial charge in [-0.15, -0.1) is 0 Å². The van der Waals surface area contributed by atoms with Gasteiger partial charge in [0.15, 0.2) is 0 Å². The molecule has 0 aliphatic carbocycles. The van der Waals surface area contributed by atoms with Crippen molar-refractivity contribution >= 4 is 5.69 Å². The number of halogens is 3. The third kappa shape index (κ3) is 2.96. The molecule has 2 N–H and O–H groups in total. The lowest BCUT2D eigenvalue weighted by Crippen LogP contribution is -2.46. The van der Waals surface area contributed by atoms with Crippen molar-refractivity contribution in [3.8, 4) is 0 Å². The van der Waals surface area contributed by atoms with E-state index < -0.39 is 11.7 Å². The molecule has 1 heterocycles. The van der Waals surface area contributed by atoms with E-state index in [4.69, 9.17) is 5.73 Å². The first kappa shape index (κ1) is 13.2. The van der Waals surface area contributed by atoms with Crippen LogP contribution in [0.2, 0.25) is 0 Å². The van der Waals surface area contributed by atoms with Crippen molar-refractivity contribution in [3.63, 3.8) is 0 Å². The van der Waals surface area contributed by atoms with Crippen LogP contribution in [0.3, 0.4) is 0 Å². The Labute approximate surface area is 105 Å². The zero-order valence-corrected chi connectivity index (χ0v) is 10.2. The Morgan fingerprint density at radius 1 is 1.17 bits per heavy atom. The topological polar surface area (TPSA) is 29.3 Å². The summed E-state index contributed by atoms with van der Waals surface area (Å²) in [6, 6.07) is 5.39. The molecule has 2 rings (SSSR count). The normalized spacial score (nSPS) is 25.3. The maximum atomic E-state index is 12.5. The minimum Gasteiger partial charge on any atom is -0.370 e. The standard InChI is InChI=1S/C13H17F3N2/c1-9-6-11(17)8-18(7-9)12-4-2-10(3-5-12)13(14,15)16/h2-5,9,11H,6-8,17H2,1H3. The van der Waals surface area contributed by atoms with Gasteiger partial charge < -0.3 is 10.6 Å². The van der Waals surface area contributed by atoms with Crippen LogP contribution in [-0.4, -0.2) is 19.1 Å². The lowest BCUT2D eigenvalue weighted by atomic mass is 9.96. The number of hydrogen-bond acceptors (Lipinski definition) is 2. The molecule has 5 heteroatoms. The molecule has 1 saturated heterocycles. The van der Waals surface area contributed by atoms with E-state index in [0.29, 0.717) is 12.5 Å². The van der Waals surface area contributed by atoms with Gasteiger partial charge in [-0.05, 0) is 36.6 Å². The molecule has 1 aromatic carbocycles. The number of nitrogens with zero attached hydrogens (tertiary/aromatic N) is 1. The maximum absolute atomic E-state index is 12.5. The Morgan fingerprint density at radius 3 is 2.28 bits per heavy atom. The van der Waals surface area contributed by atoms with Crippen LogP contribution >= 0.6 is 0 Å². The summed E-state index contributed by atoms with van der Waals surface area (Å²) in [4.78, 5) is 2.05. The first-order chi connectivity index (χ1) is 8.36. The highest BCUT2D eigenvalue weighted by Crippen LogP contribution is 2.31. The fraction of sp³-hybridized carbons (Fsp3) is 0.538. The van der Waals surface area contributed by atoms with Crippen LogP contribution in [0.25, 0.3) is 0 Å². The number of benzene rings is 1. The van der Waals surface area contributed by atoms with E-state index in [1.54, 1.807) is 0 Å². The Hall–Kier alpha value is -1.23. The molecule has 0 saturated carbocycles. The zero-order valence-electron chi connectivity index (χ0n) is 10.2. The van der Waals surface area contributed by atoms with Crippen molar-refractivity contribution in [2.75, 3.05) is 18.0 Å². The molecule has 100 valence electrons. The van der Waals surface area contributed by atoms with E-state index in [0.717, 1.165) is 30.8 Å². The fourth-order valence-corrected chi connectivity index (χ4v) is 2.47. The van der Waals surface area contributed by atoms with Gasteiger partial charge in [0.25, 0.3) is 0 Å². The molecule has 1 aromatic rings. The van der Waals surface area contributed by atoms with Gasteiger partial charge in [0, 0.05) is 24.8 Å². The van der Waals surface area contributed by atoms with Gasteiger partial charge in [-0.1, -0.05) is 6.92 Å². The van der Waals surface area contributed by atoms with Crippen LogP contribution < -0.4 is 10.6 Å². The summed E-state index contributed by atoms with van der Waals surface area (Å²) in [5.74, 6) is 0.469. The molecule has 2 atom stereocenters. The Morgan fingerprint density at radius 2 is 1.78 bits per heavy atom. The lowest BCUT2D eigenvalue weighted by Gasteiger charge is -2.36. The monoisotopic (exact) mass is 258 g/mol. The molecule has 0 aromatic heterocycles. The van der Waals surface area contributed by atoms with Gasteiger partial charge in [0.2, 0.25) is 0 Å². The highest BCUT2D eigenvalue weighted by atomic mass is 19.4. The number of alkyl halides is 3. The highest BCUT2D eigenvalue weighted by molar-refractivity contribution is 5.48. The second-order valence-corrected chi connectivity index (χ2v) is 5.05. The zero-order chi connectivity index (χ0) is 13.3. The summed E-state index contributed by atoms with van der Waals surface area (Å²) in [5, 5.41) is 0. The third-order valence-corrected chi connectivity index (χ3v) is 3.25. The smallest absolute Gasteiger partial charge is 0.370 e. The van der Waals surface area contributed by atoms with E-state index in [1.165, 1.54) is 12.1 Å². The van der Waals surface area contributed by atoms with Crippen molar-refractivity contribution in [1.82, 2.24) is 0 Å². The molecule has 0 radical (unpaired) electrons. The van der Waals surface area contributed by atoms with Crippen molar-refractivity contribution in [3.05, 3.63) is 29.8 Å². The quantitative estimate of drug-likeness (QED) is 0.839. The number of piperidine rings is 1.